The van der Waals surface area contributed by atoms with Gasteiger partial charge in [0.15, 0.2) is 0 Å². The van der Waals surface area contributed by atoms with Crippen LogP contribution in [0.3, 0.4) is 0 Å². The molecule has 0 bridgehead atoms. The van der Waals surface area contributed by atoms with Gasteiger partial charge < -0.3 is 20.4 Å². The highest BCUT2D eigenvalue weighted by atomic mass is 15.1. The third-order valence-electron chi connectivity index (χ3n) is 4.84. The van der Waals surface area contributed by atoms with E-state index >= 15 is 0 Å². The number of hydrogen-bond acceptors (Lipinski definition) is 5. The Morgan fingerprint density at radius 2 is 1.14 bits per heavy atom. The molecule has 0 atom stereocenters. The summed E-state index contributed by atoms with van der Waals surface area (Å²) in [6, 6.07) is 15.1. The van der Waals surface area contributed by atoms with Crippen molar-refractivity contribution in [3.63, 3.8) is 0 Å². The van der Waals surface area contributed by atoms with Crippen LogP contribution in [-0.4, -0.2) is 69.2 Å². The second kappa shape index (κ2) is 9.71. The molecule has 0 aliphatic heterocycles. The van der Waals surface area contributed by atoms with Gasteiger partial charge in [-0.2, -0.15) is 0 Å². The molecule has 3 aromatic rings. The van der Waals surface area contributed by atoms with Gasteiger partial charge in [0.25, 0.3) is 0 Å². The maximum Gasteiger partial charge on any atom is 0.0730 e. The van der Waals surface area contributed by atoms with Crippen molar-refractivity contribution in [3.8, 4) is 0 Å². The molecule has 5 nitrogen and oxygen atoms in total. The molecular formula is C23H33N5. The number of nitrogens with zero attached hydrogens (tertiary/aromatic N) is 3. The molecule has 0 aliphatic rings. The van der Waals surface area contributed by atoms with Crippen molar-refractivity contribution < 1.29 is 0 Å². The fourth-order valence-corrected chi connectivity index (χ4v) is 3.30. The average Bonchev–Trinajstić information content (AvgIpc) is 2.66. The molecule has 150 valence electrons. The van der Waals surface area contributed by atoms with Crippen LogP contribution in [0.25, 0.3) is 21.8 Å². The second-order valence-corrected chi connectivity index (χ2v) is 7.97. The Hall–Kier alpha value is -2.37. The lowest BCUT2D eigenvalue weighted by Gasteiger charge is -2.12. The zero-order valence-electron chi connectivity index (χ0n) is 17.6. The van der Waals surface area contributed by atoms with Crippen molar-refractivity contribution in [2.75, 3.05) is 65.0 Å². The van der Waals surface area contributed by atoms with Crippen LogP contribution in [0.4, 0.5) is 11.4 Å². The molecule has 1 heterocycles. The highest BCUT2D eigenvalue weighted by Gasteiger charge is 2.03. The summed E-state index contributed by atoms with van der Waals surface area (Å²) in [5.74, 6) is 0. The summed E-state index contributed by atoms with van der Waals surface area (Å²) in [4.78, 5) is 9.34. The van der Waals surface area contributed by atoms with Gasteiger partial charge in [-0.15, -0.1) is 0 Å². The Kier molecular flexibility index (Phi) is 7.06. The Labute approximate surface area is 168 Å². The molecule has 0 saturated carbocycles. The summed E-state index contributed by atoms with van der Waals surface area (Å²) >= 11 is 0. The van der Waals surface area contributed by atoms with E-state index in [-0.39, 0.29) is 0 Å². The van der Waals surface area contributed by atoms with Crippen molar-refractivity contribution >= 4 is 33.2 Å². The zero-order chi connectivity index (χ0) is 19.9. The molecule has 28 heavy (non-hydrogen) atoms. The van der Waals surface area contributed by atoms with Crippen LogP contribution >= 0.6 is 0 Å². The number of hydrogen-bond donors (Lipinski definition) is 2. The molecule has 2 N–H and O–H groups in total. The number of benzene rings is 2. The molecule has 3 rings (SSSR count). The highest BCUT2D eigenvalue weighted by molar-refractivity contribution is 5.95. The summed E-state index contributed by atoms with van der Waals surface area (Å²) in [5, 5.41) is 9.38. The lowest BCUT2D eigenvalue weighted by atomic mass is 10.1. The van der Waals surface area contributed by atoms with E-state index in [4.69, 9.17) is 4.98 Å². The highest BCUT2D eigenvalue weighted by Crippen LogP contribution is 2.24. The van der Waals surface area contributed by atoms with Crippen LogP contribution in [0, 0.1) is 0 Å². The summed E-state index contributed by atoms with van der Waals surface area (Å²) in [7, 11) is 8.43. The van der Waals surface area contributed by atoms with E-state index in [1.54, 1.807) is 0 Å². The number of aromatic nitrogens is 1. The van der Waals surface area contributed by atoms with E-state index in [2.05, 4.69) is 91.1 Å². The Morgan fingerprint density at radius 3 is 1.57 bits per heavy atom. The number of pyridine rings is 1. The first-order valence-corrected chi connectivity index (χ1v) is 10.1. The van der Waals surface area contributed by atoms with Crippen molar-refractivity contribution in [3.05, 3.63) is 42.5 Å². The van der Waals surface area contributed by atoms with E-state index in [0.29, 0.717) is 0 Å². The minimum Gasteiger partial charge on any atom is -0.385 e. The lowest BCUT2D eigenvalue weighted by molar-refractivity contribution is 0.405. The van der Waals surface area contributed by atoms with Crippen LogP contribution in [0.2, 0.25) is 0 Å². The number of nitrogens with one attached hydrogen (secondary N) is 2. The molecule has 0 amide bonds. The quantitative estimate of drug-likeness (QED) is 0.410. The molecular weight excluding hydrogens is 346 g/mol. The maximum absolute atomic E-state index is 4.92. The number of fused-ring (bicyclic) bond motifs is 2. The summed E-state index contributed by atoms with van der Waals surface area (Å²) in [6.07, 6.45) is 2.25. The van der Waals surface area contributed by atoms with Gasteiger partial charge in [0.05, 0.1) is 11.0 Å². The van der Waals surface area contributed by atoms with Crippen molar-refractivity contribution in [2.24, 2.45) is 0 Å². The minimum atomic E-state index is 0.971. The summed E-state index contributed by atoms with van der Waals surface area (Å²) in [6.45, 7) is 4.12. The van der Waals surface area contributed by atoms with E-state index in [1.807, 2.05) is 0 Å². The number of rotatable bonds is 10. The molecule has 2 aromatic carbocycles. The van der Waals surface area contributed by atoms with Gasteiger partial charge >= 0.3 is 0 Å². The van der Waals surface area contributed by atoms with Crippen molar-refractivity contribution in [1.29, 1.82) is 0 Å². The first-order valence-electron chi connectivity index (χ1n) is 10.1. The standard InChI is InChI=1S/C23H33N5/c1-27(2)13-5-11-24-20-9-7-18-15-19-8-10-21(25-12-6-14-28(3)4)17-23(19)26-22(18)16-20/h7-10,15-17,24-25H,5-6,11-14H2,1-4H3. The van der Waals surface area contributed by atoms with E-state index < -0.39 is 0 Å². The van der Waals surface area contributed by atoms with Gasteiger partial charge in [-0.1, -0.05) is 12.1 Å². The molecule has 0 fully saturated rings. The molecule has 0 aliphatic carbocycles. The van der Waals surface area contributed by atoms with Gasteiger partial charge in [0.1, 0.15) is 0 Å². The molecule has 1 aromatic heterocycles. The Bertz CT molecular complexity index is 833. The summed E-state index contributed by atoms with van der Waals surface area (Å²) in [5.41, 5.74) is 4.34. The van der Waals surface area contributed by atoms with Gasteiger partial charge in [-0.3, -0.25) is 0 Å². The largest absolute Gasteiger partial charge is 0.385 e. The van der Waals surface area contributed by atoms with Crippen LogP contribution in [0.5, 0.6) is 0 Å². The third-order valence-corrected chi connectivity index (χ3v) is 4.84. The topological polar surface area (TPSA) is 43.4 Å². The predicted molar refractivity (Wildman–Crippen MR) is 123 cm³/mol. The third kappa shape index (κ3) is 5.81. The normalized spacial score (nSPS) is 11.6. The van der Waals surface area contributed by atoms with Crippen molar-refractivity contribution in [1.82, 2.24) is 14.8 Å². The number of anilines is 2. The summed E-state index contributed by atoms with van der Waals surface area (Å²) < 4.78 is 0. The van der Waals surface area contributed by atoms with Crippen LogP contribution in [0.15, 0.2) is 42.5 Å². The van der Waals surface area contributed by atoms with E-state index in [0.717, 1.165) is 61.4 Å². The van der Waals surface area contributed by atoms with E-state index in [1.165, 1.54) is 10.8 Å². The first-order chi connectivity index (χ1) is 13.5. The molecule has 0 radical (unpaired) electrons. The maximum atomic E-state index is 4.92. The molecule has 0 unspecified atom stereocenters. The molecule has 0 saturated heterocycles. The minimum absolute atomic E-state index is 0.971. The zero-order valence-corrected chi connectivity index (χ0v) is 17.6. The van der Waals surface area contributed by atoms with Crippen LogP contribution in [0.1, 0.15) is 12.8 Å². The van der Waals surface area contributed by atoms with Crippen LogP contribution < -0.4 is 10.6 Å². The van der Waals surface area contributed by atoms with Crippen LogP contribution in [-0.2, 0) is 0 Å². The second-order valence-electron chi connectivity index (χ2n) is 7.97. The lowest BCUT2D eigenvalue weighted by Crippen LogP contribution is -2.16. The Morgan fingerprint density at radius 1 is 0.679 bits per heavy atom. The van der Waals surface area contributed by atoms with Gasteiger partial charge in [-0.25, -0.2) is 4.98 Å². The smallest absolute Gasteiger partial charge is 0.0730 e. The monoisotopic (exact) mass is 379 g/mol. The van der Waals surface area contributed by atoms with E-state index in [9.17, 15) is 0 Å². The van der Waals surface area contributed by atoms with Gasteiger partial charge in [0.2, 0.25) is 0 Å². The fraction of sp³-hybridized carbons (Fsp3) is 0.435. The molecule has 5 heteroatoms. The first kappa shape index (κ1) is 20.4. The fourth-order valence-electron chi connectivity index (χ4n) is 3.30. The predicted octanol–water partition coefficient (Wildman–Crippen LogP) is 4.12. The van der Waals surface area contributed by atoms with Crippen molar-refractivity contribution in [2.45, 2.75) is 12.8 Å². The SMILES string of the molecule is CN(C)CCCNc1ccc2cc3ccc(NCCCN(C)C)cc3nc2c1. The Balaban J connectivity index is 1.70. The van der Waals surface area contributed by atoms with Gasteiger partial charge in [-0.05, 0) is 84.5 Å². The van der Waals surface area contributed by atoms with Gasteiger partial charge in [0, 0.05) is 35.2 Å². The molecule has 0 spiro atoms. The average molecular weight is 380 g/mol.